The molecule has 3 aromatic carbocycles. The average molecular weight is 634 g/mol. The van der Waals surface area contributed by atoms with Crippen molar-refractivity contribution in [1.29, 1.82) is 0 Å². The van der Waals surface area contributed by atoms with Crippen molar-refractivity contribution < 1.29 is 35.9 Å². The Labute approximate surface area is 253 Å². The molecule has 2 aliphatic heterocycles. The van der Waals surface area contributed by atoms with Gasteiger partial charge in [0.1, 0.15) is 6.04 Å². The Bertz CT molecular complexity index is 1630. The minimum atomic E-state index is -4.52. The van der Waals surface area contributed by atoms with Gasteiger partial charge in [-0.2, -0.15) is 17.5 Å². The van der Waals surface area contributed by atoms with Crippen LogP contribution in [-0.4, -0.2) is 88.6 Å². The Kier molecular flexibility index (Phi) is 9.05. The van der Waals surface area contributed by atoms with Gasteiger partial charge in [0.25, 0.3) is 0 Å². The quantitative estimate of drug-likeness (QED) is 0.405. The number of nitrogens with one attached hydrogen (secondary N) is 2. The van der Waals surface area contributed by atoms with E-state index in [1.54, 1.807) is 18.2 Å². The zero-order valence-electron chi connectivity index (χ0n) is 24.3. The van der Waals surface area contributed by atoms with Crippen LogP contribution in [0.15, 0.2) is 65.6 Å². The number of piperazine rings is 1. The molecule has 0 aliphatic carbocycles. The summed E-state index contributed by atoms with van der Waals surface area (Å²) >= 11 is 0. The van der Waals surface area contributed by atoms with E-state index in [4.69, 9.17) is 4.74 Å². The molecule has 0 bridgehead atoms. The summed E-state index contributed by atoms with van der Waals surface area (Å²) in [5, 5.41) is 6.57. The van der Waals surface area contributed by atoms with Crippen LogP contribution in [0.2, 0.25) is 0 Å². The van der Waals surface area contributed by atoms with E-state index >= 15 is 0 Å². The zero-order valence-corrected chi connectivity index (χ0v) is 25.1. The molecule has 236 valence electrons. The van der Waals surface area contributed by atoms with Crippen molar-refractivity contribution in [3.05, 3.63) is 66.2 Å². The Morgan fingerprint density at radius 1 is 1.00 bits per heavy atom. The molecule has 2 aliphatic rings. The molecule has 0 aromatic heterocycles. The fourth-order valence-electron chi connectivity index (χ4n) is 5.54. The zero-order chi connectivity index (χ0) is 31.6. The number of ether oxygens (including phenoxy) is 1. The summed E-state index contributed by atoms with van der Waals surface area (Å²) in [7, 11) is -0.511. The van der Waals surface area contributed by atoms with E-state index in [1.165, 1.54) is 11.0 Å². The summed E-state index contributed by atoms with van der Waals surface area (Å²) in [5.74, 6) is -0.578. The van der Waals surface area contributed by atoms with Gasteiger partial charge in [0, 0.05) is 69.0 Å². The summed E-state index contributed by atoms with van der Waals surface area (Å²) in [6.45, 7) is 0.288. The van der Waals surface area contributed by atoms with Crippen LogP contribution < -0.4 is 15.5 Å². The number of hydrogen-bond acceptors (Lipinski definition) is 6. The molecule has 5 rings (SSSR count). The number of anilines is 2. The number of sulfonamides is 1. The molecule has 3 aromatic rings. The highest BCUT2D eigenvalue weighted by molar-refractivity contribution is 7.89. The van der Waals surface area contributed by atoms with Gasteiger partial charge in [-0.05, 0) is 49.2 Å². The number of hydrogen-bond donors (Lipinski definition) is 2. The van der Waals surface area contributed by atoms with Gasteiger partial charge in [-0.25, -0.2) is 13.2 Å². The number of carbonyl (C=O) groups excluding carboxylic acids is 2. The first-order chi connectivity index (χ1) is 20.9. The van der Waals surface area contributed by atoms with Crippen molar-refractivity contribution in [3.63, 3.8) is 0 Å². The second-order valence-corrected chi connectivity index (χ2v) is 12.8. The first-order valence-corrected chi connectivity index (χ1v) is 15.6. The first kappa shape index (κ1) is 31.5. The molecule has 2 fully saturated rings. The van der Waals surface area contributed by atoms with E-state index in [-0.39, 0.29) is 42.9 Å². The van der Waals surface area contributed by atoms with Gasteiger partial charge in [-0.15, -0.1) is 0 Å². The normalized spacial score (nSPS) is 19.6. The standard InChI is InChI=1S/C30H34F3N5O5S/c1-36(2)25-9-3-8-24-23(25)7-4-10-27(24)44(41,42)38-16-15-37(19-26(38)28(39)34-18-22-6-5-17-43-22)29(40)35-21-13-11-20(12-14-21)30(31,32)33/h3-4,7-14,22,26H,5-6,15-19H2,1-2H3,(H,34,39)(H,35,40). The van der Waals surface area contributed by atoms with E-state index in [1.807, 2.05) is 31.1 Å². The van der Waals surface area contributed by atoms with E-state index in [0.717, 1.165) is 52.5 Å². The predicted molar refractivity (Wildman–Crippen MR) is 160 cm³/mol. The molecule has 10 nitrogen and oxygen atoms in total. The smallest absolute Gasteiger partial charge is 0.377 e. The number of rotatable bonds is 7. The number of halogens is 3. The molecule has 2 atom stereocenters. The number of amides is 3. The summed E-state index contributed by atoms with van der Waals surface area (Å²) in [6, 6.07) is 12.4. The summed E-state index contributed by atoms with van der Waals surface area (Å²) in [6.07, 6.45) is -3.08. The van der Waals surface area contributed by atoms with Crippen LogP contribution in [0.5, 0.6) is 0 Å². The van der Waals surface area contributed by atoms with Gasteiger partial charge in [0.05, 0.1) is 16.6 Å². The maximum Gasteiger partial charge on any atom is 0.416 e. The molecule has 14 heteroatoms. The van der Waals surface area contributed by atoms with E-state index in [9.17, 15) is 31.2 Å². The van der Waals surface area contributed by atoms with Crippen molar-refractivity contribution >= 4 is 44.1 Å². The lowest BCUT2D eigenvalue weighted by Gasteiger charge is -2.39. The topological polar surface area (TPSA) is 111 Å². The minimum Gasteiger partial charge on any atom is -0.377 e. The van der Waals surface area contributed by atoms with Crippen LogP contribution in [0.4, 0.5) is 29.3 Å². The summed E-state index contributed by atoms with van der Waals surface area (Å²) < 4.78 is 74.0. The van der Waals surface area contributed by atoms with Gasteiger partial charge in [-0.1, -0.05) is 24.3 Å². The van der Waals surface area contributed by atoms with Crippen LogP contribution in [0, 0.1) is 0 Å². The van der Waals surface area contributed by atoms with Gasteiger partial charge in [0.2, 0.25) is 15.9 Å². The molecular weight excluding hydrogens is 599 g/mol. The molecule has 2 N–H and O–H groups in total. The maximum absolute atomic E-state index is 14.2. The molecule has 3 amide bonds. The lowest BCUT2D eigenvalue weighted by atomic mass is 10.1. The van der Waals surface area contributed by atoms with Gasteiger partial charge in [0.15, 0.2) is 0 Å². The van der Waals surface area contributed by atoms with Crippen molar-refractivity contribution in [3.8, 4) is 0 Å². The van der Waals surface area contributed by atoms with Crippen molar-refractivity contribution in [1.82, 2.24) is 14.5 Å². The average Bonchev–Trinajstić information content (AvgIpc) is 3.52. The maximum atomic E-state index is 14.2. The van der Waals surface area contributed by atoms with Crippen molar-refractivity contribution in [2.45, 2.75) is 36.1 Å². The Hall–Kier alpha value is -3.88. The van der Waals surface area contributed by atoms with Crippen molar-refractivity contribution in [2.24, 2.45) is 0 Å². The molecular formula is C30H34F3N5O5S. The highest BCUT2D eigenvalue weighted by Crippen LogP contribution is 2.33. The van der Waals surface area contributed by atoms with Gasteiger partial charge >= 0.3 is 12.2 Å². The fourth-order valence-corrected chi connectivity index (χ4v) is 7.32. The molecule has 2 heterocycles. The number of benzene rings is 3. The lowest BCUT2D eigenvalue weighted by Crippen LogP contribution is -2.62. The Morgan fingerprint density at radius 2 is 1.70 bits per heavy atom. The number of alkyl halides is 3. The third-order valence-corrected chi connectivity index (χ3v) is 9.81. The second-order valence-electron chi connectivity index (χ2n) is 11.0. The Balaban J connectivity index is 1.41. The number of urea groups is 1. The first-order valence-electron chi connectivity index (χ1n) is 14.2. The van der Waals surface area contributed by atoms with E-state index < -0.39 is 39.7 Å². The monoisotopic (exact) mass is 633 g/mol. The van der Waals surface area contributed by atoms with Crippen LogP contribution in [0.1, 0.15) is 18.4 Å². The minimum absolute atomic E-state index is 0.0401. The van der Waals surface area contributed by atoms with Crippen LogP contribution in [0.3, 0.4) is 0 Å². The van der Waals surface area contributed by atoms with Crippen LogP contribution in [-0.2, 0) is 25.7 Å². The largest absolute Gasteiger partial charge is 0.416 e. The molecule has 2 saturated heterocycles. The molecule has 0 spiro atoms. The van der Waals surface area contributed by atoms with Gasteiger partial charge in [-0.3, -0.25) is 4.79 Å². The Morgan fingerprint density at radius 3 is 2.36 bits per heavy atom. The van der Waals surface area contributed by atoms with Crippen LogP contribution >= 0.6 is 0 Å². The summed E-state index contributed by atoms with van der Waals surface area (Å²) in [4.78, 5) is 29.9. The number of fused-ring (bicyclic) bond motifs is 1. The third kappa shape index (κ3) is 6.61. The summed E-state index contributed by atoms with van der Waals surface area (Å²) in [5.41, 5.74) is 0.100. The molecule has 44 heavy (non-hydrogen) atoms. The number of nitrogens with zero attached hydrogens (tertiary/aromatic N) is 3. The van der Waals surface area contributed by atoms with E-state index in [2.05, 4.69) is 10.6 Å². The van der Waals surface area contributed by atoms with E-state index in [0.29, 0.717) is 12.0 Å². The molecule has 0 radical (unpaired) electrons. The third-order valence-electron chi connectivity index (χ3n) is 7.84. The van der Waals surface area contributed by atoms with Gasteiger partial charge < -0.3 is 25.2 Å². The lowest BCUT2D eigenvalue weighted by molar-refractivity contribution is -0.137. The highest BCUT2D eigenvalue weighted by Gasteiger charge is 2.42. The second kappa shape index (κ2) is 12.6. The fraction of sp³-hybridized carbons (Fsp3) is 0.400. The van der Waals surface area contributed by atoms with Crippen molar-refractivity contribution in [2.75, 3.05) is 57.1 Å². The molecule has 2 unspecified atom stereocenters. The SMILES string of the molecule is CN(C)c1cccc2c(S(=O)(=O)N3CCN(C(=O)Nc4ccc(C(F)(F)F)cc4)CC3C(=O)NCC3CCCO3)cccc12. The van der Waals surface area contributed by atoms with Crippen LogP contribution in [0.25, 0.3) is 10.8 Å². The predicted octanol–water partition coefficient (Wildman–Crippen LogP) is 4.13. The number of carbonyl (C=O) groups is 2. The molecule has 0 saturated carbocycles. The highest BCUT2D eigenvalue weighted by atomic mass is 32.2.